The Morgan fingerprint density at radius 2 is 2.00 bits per heavy atom. The molecule has 6 heteroatoms. The molecule has 0 bridgehead atoms. The Kier molecular flexibility index (Phi) is 4.20. The highest BCUT2D eigenvalue weighted by atomic mass is 19.1. The summed E-state index contributed by atoms with van der Waals surface area (Å²) in [5.74, 6) is 0.0323. The standard InChI is InChI=1S/C16H18FN3O2/c1-22-15-10-12(17)4-5-13(15)14-6-7-16(21)20(18-14)11-19-8-2-3-9-19/h4-7,10H,2-3,8-9,11H2,1H3. The van der Waals surface area contributed by atoms with Crippen molar-refractivity contribution in [3.8, 4) is 17.0 Å². The minimum absolute atomic E-state index is 0.142. The second kappa shape index (κ2) is 6.27. The fourth-order valence-corrected chi connectivity index (χ4v) is 2.68. The van der Waals surface area contributed by atoms with Gasteiger partial charge in [-0.25, -0.2) is 9.07 Å². The zero-order valence-electron chi connectivity index (χ0n) is 12.5. The van der Waals surface area contributed by atoms with Gasteiger partial charge in [-0.1, -0.05) is 0 Å². The quantitative estimate of drug-likeness (QED) is 0.868. The van der Waals surface area contributed by atoms with Crippen molar-refractivity contribution < 1.29 is 9.13 Å². The van der Waals surface area contributed by atoms with Crippen molar-refractivity contribution in [3.05, 3.63) is 46.5 Å². The van der Waals surface area contributed by atoms with Crippen LogP contribution in [-0.2, 0) is 6.67 Å². The molecule has 1 fully saturated rings. The van der Waals surface area contributed by atoms with Gasteiger partial charge in [0, 0.05) is 17.7 Å². The molecule has 0 N–H and O–H groups in total. The van der Waals surface area contributed by atoms with Crippen LogP contribution in [0.15, 0.2) is 35.1 Å². The van der Waals surface area contributed by atoms with E-state index in [1.165, 1.54) is 30.0 Å². The van der Waals surface area contributed by atoms with Gasteiger partial charge in [0.2, 0.25) is 0 Å². The van der Waals surface area contributed by atoms with Gasteiger partial charge in [0.1, 0.15) is 11.6 Å². The molecule has 1 saturated heterocycles. The lowest BCUT2D eigenvalue weighted by atomic mass is 10.1. The van der Waals surface area contributed by atoms with Crippen molar-refractivity contribution >= 4 is 0 Å². The Balaban J connectivity index is 1.96. The largest absolute Gasteiger partial charge is 0.496 e. The number of hydrogen-bond donors (Lipinski definition) is 0. The van der Waals surface area contributed by atoms with Gasteiger partial charge in [-0.3, -0.25) is 9.69 Å². The fourth-order valence-electron chi connectivity index (χ4n) is 2.68. The summed E-state index contributed by atoms with van der Waals surface area (Å²) in [6.45, 7) is 2.45. The first-order valence-electron chi connectivity index (χ1n) is 7.32. The SMILES string of the molecule is COc1cc(F)ccc1-c1ccc(=O)n(CN2CCCC2)n1. The summed E-state index contributed by atoms with van der Waals surface area (Å²) in [5.41, 5.74) is 1.12. The van der Waals surface area contributed by atoms with E-state index in [-0.39, 0.29) is 11.4 Å². The molecule has 0 spiro atoms. The zero-order chi connectivity index (χ0) is 15.5. The molecule has 1 aromatic heterocycles. The maximum absolute atomic E-state index is 13.3. The van der Waals surface area contributed by atoms with Crippen molar-refractivity contribution in [2.24, 2.45) is 0 Å². The monoisotopic (exact) mass is 303 g/mol. The number of nitrogens with zero attached hydrogens (tertiary/aromatic N) is 3. The molecule has 116 valence electrons. The van der Waals surface area contributed by atoms with Gasteiger partial charge in [-0.05, 0) is 44.1 Å². The highest BCUT2D eigenvalue weighted by Gasteiger charge is 2.14. The van der Waals surface area contributed by atoms with Crippen LogP contribution in [0.2, 0.25) is 0 Å². The minimum atomic E-state index is -0.369. The van der Waals surface area contributed by atoms with E-state index in [0.717, 1.165) is 25.9 Å². The van der Waals surface area contributed by atoms with Crippen LogP contribution in [0.25, 0.3) is 11.3 Å². The maximum Gasteiger partial charge on any atom is 0.268 e. The normalized spacial score (nSPS) is 15.2. The summed E-state index contributed by atoms with van der Waals surface area (Å²) < 4.78 is 20.0. The molecular formula is C16H18FN3O2. The van der Waals surface area contributed by atoms with E-state index in [1.54, 1.807) is 12.1 Å². The predicted molar refractivity (Wildman–Crippen MR) is 81.3 cm³/mol. The molecule has 0 radical (unpaired) electrons. The summed E-state index contributed by atoms with van der Waals surface area (Å²) in [6.07, 6.45) is 2.31. The molecule has 0 aliphatic carbocycles. The summed E-state index contributed by atoms with van der Waals surface area (Å²) in [7, 11) is 1.48. The number of aromatic nitrogens is 2. The van der Waals surface area contributed by atoms with Gasteiger partial charge in [0.25, 0.3) is 5.56 Å². The molecule has 0 amide bonds. The van der Waals surface area contributed by atoms with Crippen molar-refractivity contribution in [2.45, 2.75) is 19.5 Å². The Bertz CT molecular complexity index is 724. The van der Waals surface area contributed by atoms with Crippen LogP contribution >= 0.6 is 0 Å². The number of halogens is 1. The Hall–Kier alpha value is -2.21. The Morgan fingerprint density at radius 1 is 1.23 bits per heavy atom. The first-order valence-corrected chi connectivity index (χ1v) is 7.32. The van der Waals surface area contributed by atoms with E-state index in [1.807, 2.05) is 0 Å². The molecule has 22 heavy (non-hydrogen) atoms. The van der Waals surface area contributed by atoms with Crippen LogP contribution in [0.4, 0.5) is 4.39 Å². The van der Waals surface area contributed by atoms with Crippen LogP contribution in [0.5, 0.6) is 5.75 Å². The van der Waals surface area contributed by atoms with Gasteiger partial charge >= 0.3 is 0 Å². The number of methoxy groups -OCH3 is 1. The highest BCUT2D eigenvalue weighted by molar-refractivity contribution is 5.66. The maximum atomic E-state index is 13.3. The molecule has 2 aromatic rings. The van der Waals surface area contributed by atoms with Crippen LogP contribution in [0.1, 0.15) is 12.8 Å². The molecule has 3 rings (SSSR count). The smallest absolute Gasteiger partial charge is 0.268 e. The third-order valence-electron chi connectivity index (χ3n) is 3.84. The van der Waals surface area contributed by atoms with Crippen molar-refractivity contribution in [2.75, 3.05) is 20.2 Å². The zero-order valence-corrected chi connectivity index (χ0v) is 12.5. The first-order chi connectivity index (χ1) is 10.7. The van der Waals surface area contributed by atoms with Crippen LogP contribution in [-0.4, -0.2) is 34.9 Å². The van der Waals surface area contributed by atoms with E-state index in [2.05, 4.69) is 10.00 Å². The predicted octanol–water partition coefficient (Wildman–Crippen LogP) is 2.11. The summed E-state index contributed by atoms with van der Waals surface area (Å²) in [6, 6.07) is 7.41. The fraction of sp³-hybridized carbons (Fsp3) is 0.375. The molecule has 5 nitrogen and oxygen atoms in total. The van der Waals surface area contributed by atoms with Crippen LogP contribution < -0.4 is 10.3 Å². The third kappa shape index (κ3) is 3.01. The average Bonchev–Trinajstić information content (AvgIpc) is 3.02. The topological polar surface area (TPSA) is 47.4 Å². The number of benzene rings is 1. The number of ether oxygens (including phenoxy) is 1. The number of rotatable bonds is 4. The summed E-state index contributed by atoms with van der Waals surface area (Å²) >= 11 is 0. The number of hydrogen-bond acceptors (Lipinski definition) is 4. The molecular weight excluding hydrogens is 285 g/mol. The van der Waals surface area contributed by atoms with Gasteiger partial charge in [-0.15, -0.1) is 0 Å². The average molecular weight is 303 g/mol. The molecule has 1 aromatic carbocycles. The minimum Gasteiger partial charge on any atom is -0.496 e. The summed E-state index contributed by atoms with van der Waals surface area (Å²) in [5, 5.41) is 4.40. The second-order valence-corrected chi connectivity index (χ2v) is 5.37. The molecule has 1 aliphatic rings. The molecule has 1 aliphatic heterocycles. The van der Waals surface area contributed by atoms with Crippen molar-refractivity contribution in [1.29, 1.82) is 0 Å². The Labute approximate surface area is 127 Å². The van der Waals surface area contributed by atoms with E-state index in [4.69, 9.17) is 4.74 Å². The molecule has 0 saturated carbocycles. The number of likely N-dealkylation sites (tertiary alicyclic amines) is 1. The third-order valence-corrected chi connectivity index (χ3v) is 3.84. The van der Waals surface area contributed by atoms with E-state index in [9.17, 15) is 9.18 Å². The van der Waals surface area contributed by atoms with E-state index >= 15 is 0 Å². The first kappa shape index (κ1) is 14.7. The van der Waals surface area contributed by atoms with Crippen molar-refractivity contribution in [3.63, 3.8) is 0 Å². The van der Waals surface area contributed by atoms with Gasteiger partial charge in [0.05, 0.1) is 19.5 Å². The van der Waals surface area contributed by atoms with Gasteiger partial charge < -0.3 is 4.74 Å². The second-order valence-electron chi connectivity index (χ2n) is 5.37. The van der Waals surface area contributed by atoms with Crippen LogP contribution in [0.3, 0.4) is 0 Å². The van der Waals surface area contributed by atoms with Gasteiger partial charge in [0.15, 0.2) is 0 Å². The lowest BCUT2D eigenvalue weighted by Gasteiger charge is -2.16. The Morgan fingerprint density at radius 3 is 2.73 bits per heavy atom. The lowest BCUT2D eigenvalue weighted by Crippen LogP contribution is -2.32. The molecule has 2 heterocycles. The summed E-state index contributed by atoms with van der Waals surface area (Å²) in [4.78, 5) is 14.2. The highest BCUT2D eigenvalue weighted by Crippen LogP contribution is 2.28. The lowest BCUT2D eigenvalue weighted by molar-refractivity contribution is 0.249. The molecule has 0 unspecified atom stereocenters. The van der Waals surface area contributed by atoms with Crippen molar-refractivity contribution in [1.82, 2.24) is 14.7 Å². The van der Waals surface area contributed by atoms with Crippen LogP contribution in [0, 0.1) is 5.82 Å². The molecule has 0 atom stereocenters. The van der Waals surface area contributed by atoms with E-state index < -0.39 is 0 Å². The van der Waals surface area contributed by atoms with Gasteiger partial charge in [-0.2, -0.15) is 5.10 Å². The van der Waals surface area contributed by atoms with E-state index in [0.29, 0.717) is 23.7 Å².